The zero-order chi connectivity index (χ0) is 23.7. The minimum absolute atomic E-state index is 0.107. The van der Waals surface area contributed by atoms with E-state index >= 15 is 0 Å². The van der Waals surface area contributed by atoms with E-state index in [0.717, 1.165) is 12.3 Å². The predicted molar refractivity (Wildman–Crippen MR) is 111 cm³/mol. The van der Waals surface area contributed by atoms with Gasteiger partial charge in [0.25, 0.3) is 0 Å². The van der Waals surface area contributed by atoms with Gasteiger partial charge in [0.2, 0.25) is 11.8 Å². The molecule has 0 aliphatic carbocycles. The van der Waals surface area contributed by atoms with Gasteiger partial charge in [-0.2, -0.15) is 18.2 Å². The fourth-order valence-corrected chi connectivity index (χ4v) is 4.30. The SMILES string of the molecule is CC(C)[C@@H]1CN(c2ccc(F)c(S(C)(=O)=O)c2)CCN1c1nccc(OCC(F)(F)F)n1. The average Bonchev–Trinajstić information content (AvgIpc) is 2.71. The number of nitrogens with zero attached hydrogens (tertiary/aromatic N) is 4. The summed E-state index contributed by atoms with van der Waals surface area (Å²) in [4.78, 5) is 11.8. The fourth-order valence-electron chi connectivity index (χ4n) is 3.54. The Morgan fingerprint density at radius 3 is 2.56 bits per heavy atom. The summed E-state index contributed by atoms with van der Waals surface area (Å²) in [5.74, 6) is -0.622. The van der Waals surface area contributed by atoms with Crippen molar-refractivity contribution in [3.05, 3.63) is 36.3 Å². The number of halogens is 4. The molecule has 0 unspecified atom stereocenters. The quantitative estimate of drug-likeness (QED) is 0.592. The molecule has 1 aliphatic rings. The van der Waals surface area contributed by atoms with Crippen molar-refractivity contribution in [1.29, 1.82) is 0 Å². The molecule has 176 valence electrons. The van der Waals surface area contributed by atoms with E-state index < -0.39 is 28.4 Å². The van der Waals surface area contributed by atoms with Crippen molar-refractivity contribution in [1.82, 2.24) is 9.97 Å². The molecule has 0 radical (unpaired) electrons. The molecule has 1 atom stereocenters. The van der Waals surface area contributed by atoms with Gasteiger partial charge in [0.05, 0.1) is 6.04 Å². The maximum atomic E-state index is 14.0. The number of hydrogen-bond donors (Lipinski definition) is 0. The van der Waals surface area contributed by atoms with Crippen molar-refractivity contribution < 1.29 is 30.7 Å². The first-order valence-electron chi connectivity index (χ1n) is 9.89. The Labute approximate surface area is 183 Å². The third kappa shape index (κ3) is 5.78. The van der Waals surface area contributed by atoms with Gasteiger partial charge in [0.15, 0.2) is 16.4 Å². The zero-order valence-corrected chi connectivity index (χ0v) is 18.6. The number of piperazine rings is 1. The summed E-state index contributed by atoms with van der Waals surface area (Å²) in [5.41, 5.74) is 0.570. The summed E-state index contributed by atoms with van der Waals surface area (Å²) >= 11 is 0. The van der Waals surface area contributed by atoms with Gasteiger partial charge in [-0.15, -0.1) is 0 Å². The van der Waals surface area contributed by atoms with Gasteiger partial charge in [0.1, 0.15) is 10.7 Å². The molecule has 0 spiro atoms. The number of sulfone groups is 1. The van der Waals surface area contributed by atoms with E-state index in [1.54, 1.807) is 0 Å². The largest absolute Gasteiger partial charge is 0.468 e. The second-order valence-corrected chi connectivity index (χ2v) is 9.92. The molecule has 12 heteroatoms. The van der Waals surface area contributed by atoms with Gasteiger partial charge in [0, 0.05) is 43.8 Å². The van der Waals surface area contributed by atoms with Crippen LogP contribution in [0.25, 0.3) is 0 Å². The van der Waals surface area contributed by atoms with Crippen molar-refractivity contribution in [2.75, 3.05) is 42.3 Å². The Balaban J connectivity index is 1.82. The number of hydrogen-bond acceptors (Lipinski definition) is 7. The highest BCUT2D eigenvalue weighted by Gasteiger charge is 2.32. The molecule has 1 aromatic carbocycles. The summed E-state index contributed by atoms with van der Waals surface area (Å²) in [7, 11) is -3.73. The fraction of sp³-hybridized carbons (Fsp3) is 0.500. The van der Waals surface area contributed by atoms with Crippen molar-refractivity contribution in [3.63, 3.8) is 0 Å². The molecule has 2 aromatic rings. The summed E-state index contributed by atoms with van der Waals surface area (Å²) in [6.45, 7) is 3.86. The molecular weight excluding hydrogens is 452 g/mol. The molecule has 3 rings (SSSR count). The molecule has 2 heterocycles. The molecular formula is C20H24F4N4O3S. The lowest BCUT2D eigenvalue weighted by Gasteiger charge is -2.44. The second kappa shape index (κ2) is 9.08. The van der Waals surface area contributed by atoms with Crippen molar-refractivity contribution in [3.8, 4) is 5.88 Å². The van der Waals surface area contributed by atoms with Gasteiger partial charge in [-0.1, -0.05) is 13.8 Å². The van der Waals surface area contributed by atoms with Crippen LogP contribution in [0, 0.1) is 11.7 Å². The molecule has 1 aromatic heterocycles. The van der Waals surface area contributed by atoms with Crippen LogP contribution in [-0.4, -0.2) is 63.1 Å². The van der Waals surface area contributed by atoms with E-state index in [2.05, 4.69) is 9.97 Å². The van der Waals surface area contributed by atoms with E-state index in [4.69, 9.17) is 4.74 Å². The zero-order valence-electron chi connectivity index (χ0n) is 17.8. The molecule has 0 bridgehead atoms. The van der Waals surface area contributed by atoms with Gasteiger partial charge >= 0.3 is 6.18 Å². The molecule has 7 nitrogen and oxygen atoms in total. The van der Waals surface area contributed by atoms with Gasteiger partial charge in [-0.3, -0.25) is 0 Å². The maximum absolute atomic E-state index is 14.0. The molecule has 1 fully saturated rings. The summed E-state index contributed by atoms with van der Waals surface area (Å²) < 4.78 is 79.8. The molecule has 0 amide bonds. The second-order valence-electron chi connectivity index (χ2n) is 7.94. The summed E-state index contributed by atoms with van der Waals surface area (Å²) in [6, 6.07) is 5.11. The van der Waals surface area contributed by atoms with E-state index in [1.165, 1.54) is 24.4 Å². The molecule has 0 saturated carbocycles. The Bertz CT molecular complexity index is 1060. The van der Waals surface area contributed by atoms with Gasteiger partial charge < -0.3 is 14.5 Å². The van der Waals surface area contributed by atoms with Crippen LogP contribution in [0.3, 0.4) is 0 Å². The van der Waals surface area contributed by atoms with Gasteiger partial charge in [-0.25, -0.2) is 17.8 Å². The van der Waals surface area contributed by atoms with Crippen molar-refractivity contribution >= 4 is 21.5 Å². The Morgan fingerprint density at radius 1 is 1.22 bits per heavy atom. The Hall–Kier alpha value is -2.63. The number of alkyl halides is 3. The number of anilines is 2. The lowest BCUT2D eigenvalue weighted by molar-refractivity contribution is -0.154. The monoisotopic (exact) mass is 476 g/mol. The summed E-state index contributed by atoms with van der Waals surface area (Å²) in [6.07, 6.45) is -2.18. The van der Waals surface area contributed by atoms with Crippen LogP contribution in [-0.2, 0) is 9.84 Å². The predicted octanol–water partition coefficient (Wildman–Crippen LogP) is 3.31. The van der Waals surface area contributed by atoms with E-state index in [9.17, 15) is 26.0 Å². The molecule has 0 N–H and O–H groups in total. The minimum atomic E-state index is -4.48. The highest BCUT2D eigenvalue weighted by molar-refractivity contribution is 7.90. The number of rotatable bonds is 6. The van der Waals surface area contributed by atoms with Crippen LogP contribution in [0.1, 0.15) is 13.8 Å². The van der Waals surface area contributed by atoms with Crippen LogP contribution in [0.5, 0.6) is 5.88 Å². The topological polar surface area (TPSA) is 75.6 Å². The highest BCUT2D eigenvalue weighted by atomic mass is 32.2. The first-order valence-corrected chi connectivity index (χ1v) is 11.8. The van der Waals surface area contributed by atoms with Crippen molar-refractivity contribution in [2.24, 2.45) is 5.92 Å². The molecule has 32 heavy (non-hydrogen) atoms. The number of ether oxygens (including phenoxy) is 1. The van der Waals surface area contributed by atoms with Crippen LogP contribution in [0.4, 0.5) is 29.2 Å². The lowest BCUT2D eigenvalue weighted by atomic mass is 9.99. The lowest BCUT2D eigenvalue weighted by Crippen LogP contribution is -2.56. The normalized spacial score (nSPS) is 17.7. The number of aromatic nitrogens is 2. The van der Waals surface area contributed by atoms with Crippen molar-refractivity contribution in [2.45, 2.75) is 31.0 Å². The number of benzene rings is 1. The van der Waals surface area contributed by atoms with E-state index in [-0.39, 0.29) is 28.7 Å². The third-order valence-electron chi connectivity index (χ3n) is 5.13. The maximum Gasteiger partial charge on any atom is 0.422 e. The van der Waals surface area contributed by atoms with E-state index in [0.29, 0.717) is 25.3 Å². The summed E-state index contributed by atoms with van der Waals surface area (Å²) in [5, 5.41) is 0. The first kappa shape index (κ1) is 24.0. The van der Waals surface area contributed by atoms with Crippen LogP contribution in [0.15, 0.2) is 35.4 Å². The van der Waals surface area contributed by atoms with Crippen LogP contribution >= 0.6 is 0 Å². The minimum Gasteiger partial charge on any atom is -0.468 e. The Morgan fingerprint density at radius 2 is 1.94 bits per heavy atom. The third-order valence-corrected chi connectivity index (χ3v) is 6.24. The van der Waals surface area contributed by atoms with Crippen LogP contribution in [0.2, 0.25) is 0 Å². The molecule has 1 aliphatic heterocycles. The first-order chi connectivity index (χ1) is 14.8. The van der Waals surface area contributed by atoms with E-state index in [1.807, 2.05) is 23.6 Å². The standard InChI is InChI=1S/C20H24F4N4O3S/c1-13(2)16-11-27(14-4-5-15(21)17(10-14)32(3,29)30)8-9-28(16)19-25-7-6-18(26-19)31-12-20(22,23)24/h4-7,10,13,16H,8-9,11-12H2,1-3H3/t16-/m0/s1. The molecule has 1 saturated heterocycles. The Kier molecular flexibility index (Phi) is 6.82. The van der Waals surface area contributed by atoms with Crippen LogP contribution < -0.4 is 14.5 Å². The highest BCUT2D eigenvalue weighted by Crippen LogP contribution is 2.29. The average molecular weight is 476 g/mol. The van der Waals surface area contributed by atoms with Gasteiger partial charge in [-0.05, 0) is 24.1 Å². The smallest absolute Gasteiger partial charge is 0.422 e.